The van der Waals surface area contributed by atoms with Gasteiger partial charge in [0.2, 0.25) is 17.7 Å². The number of terminal acetylenes is 1. The molecule has 0 radical (unpaired) electrons. The summed E-state index contributed by atoms with van der Waals surface area (Å²) in [5.74, 6) is 7.60. The highest BCUT2D eigenvalue weighted by molar-refractivity contribution is 9.10. The lowest BCUT2D eigenvalue weighted by Crippen LogP contribution is -1.95. The molecule has 10 nitrogen and oxygen atoms in total. The molecule has 0 aromatic carbocycles. The minimum Gasteiger partial charge on any atom is -0.238 e. The van der Waals surface area contributed by atoms with Gasteiger partial charge in [0.25, 0.3) is 0 Å². The second-order valence-corrected chi connectivity index (χ2v) is 8.22. The molecule has 0 aliphatic heterocycles. The Kier molecular flexibility index (Phi) is 10.0. The van der Waals surface area contributed by atoms with Gasteiger partial charge in [-0.25, -0.2) is 39.3 Å². The highest BCUT2D eigenvalue weighted by atomic mass is 79.9. The van der Waals surface area contributed by atoms with E-state index in [1.165, 1.54) is 24.5 Å². The predicted octanol–water partition coefficient (Wildman–Crippen LogP) is 4.22. The molecule has 0 amide bonds. The van der Waals surface area contributed by atoms with E-state index in [-0.39, 0.29) is 0 Å². The van der Waals surface area contributed by atoms with Crippen LogP contribution in [0.4, 0.5) is 8.78 Å². The van der Waals surface area contributed by atoms with Gasteiger partial charge < -0.3 is 0 Å². The second kappa shape index (κ2) is 14.5. The molecule has 0 bridgehead atoms. The van der Waals surface area contributed by atoms with Crippen LogP contribution in [0.3, 0.4) is 0 Å². The van der Waals surface area contributed by atoms with Gasteiger partial charge in [0.15, 0.2) is 4.73 Å². The van der Waals surface area contributed by atoms with E-state index < -0.39 is 11.9 Å². The van der Waals surface area contributed by atoms with Crippen molar-refractivity contribution in [2.75, 3.05) is 0 Å². The van der Waals surface area contributed by atoms with E-state index in [0.29, 0.717) is 33.1 Å². The van der Waals surface area contributed by atoms with Crippen molar-refractivity contribution in [2.24, 2.45) is 0 Å². The van der Waals surface area contributed by atoms with Crippen LogP contribution in [0.1, 0.15) is 17.0 Å². The third-order valence-electron chi connectivity index (χ3n) is 4.70. The summed E-state index contributed by atoms with van der Waals surface area (Å²) < 4.78 is 29.0. The third-order valence-corrected chi connectivity index (χ3v) is 5.11. The van der Waals surface area contributed by atoms with Crippen molar-refractivity contribution in [1.82, 2.24) is 49.5 Å². The van der Waals surface area contributed by atoms with Crippen LogP contribution >= 0.6 is 15.9 Å². The van der Waals surface area contributed by atoms with E-state index >= 15 is 0 Å². The van der Waals surface area contributed by atoms with Crippen LogP contribution in [-0.4, -0.2) is 49.5 Å². The molecule has 6 rings (SSSR count). The third kappa shape index (κ3) is 8.95. The fourth-order valence-corrected chi connectivity index (χ4v) is 3.08. The molecule has 0 aliphatic carbocycles. The highest BCUT2D eigenvalue weighted by Crippen LogP contribution is 2.08. The molecule has 0 saturated carbocycles. The largest absolute Gasteiger partial charge is 0.238 e. The fourth-order valence-electron chi connectivity index (χ4n) is 2.85. The Balaban J connectivity index is 0.000000159. The van der Waals surface area contributed by atoms with E-state index in [1.807, 2.05) is 0 Å². The first-order chi connectivity index (χ1) is 20.0. The Morgan fingerprint density at radius 1 is 0.634 bits per heavy atom. The lowest BCUT2D eigenvalue weighted by molar-refractivity contribution is 0.582. The number of hydrogen-bond donors (Lipinski definition) is 0. The number of nitrogens with zero attached hydrogens (tertiary/aromatic N) is 10. The predicted molar refractivity (Wildman–Crippen MR) is 148 cm³/mol. The van der Waals surface area contributed by atoms with Crippen LogP contribution in [0, 0.1) is 36.1 Å². The minimum atomic E-state index is -0.526. The van der Waals surface area contributed by atoms with E-state index in [9.17, 15) is 8.78 Å². The Labute approximate surface area is 241 Å². The number of pyridine rings is 2. The fraction of sp³-hybridized carbons (Fsp3) is 0. The maximum atomic E-state index is 12.7. The summed E-state index contributed by atoms with van der Waals surface area (Å²) in [5.41, 5.74) is 2.72. The number of aromatic nitrogens is 10. The van der Waals surface area contributed by atoms with Gasteiger partial charge in [0, 0.05) is 37.2 Å². The smallest absolute Gasteiger partial charge is 0.212 e. The molecule has 0 aliphatic rings. The Hall–Kier alpha value is -5.66. The van der Waals surface area contributed by atoms with Gasteiger partial charge in [-0.05, 0) is 58.2 Å². The zero-order valence-electron chi connectivity index (χ0n) is 20.9. The maximum Gasteiger partial charge on any atom is 0.212 e. The molecule has 0 N–H and O–H groups in total. The molecule has 6 aromatic heterocycles. The van der Waals surface area contributed by atoms with Gasteiger partial charge in [-0.2, -0.15) is 19.0 Å². The molecule has 0 spiro atoms. The minimum absolute atomic E-state index is 0.448. The standard InChI is InChI=1S/C14H8FN5.C10H6FN3.C4H3BrN2/c15-13-4-3-12(9-18-13)20-10-11(8-19-20)2-5-14-16-6-1-7-17-14;1-2-8-5-13-14(7-8)9-3-4-10(11)12-6-9;5-4-6-2-1-3-7-4/h1,3-4,6-10H;1,3-7H;1-3H. The molecule has 0 saturated heterocycles. The van der Waals surface area contributed by atoms with E-state index in [0.717, 1.165) is 0 Å². The number of rotatable bonds is 2. The van der Waals surface area contributed by atoms with E-state index in [1.54, 1.807) is 83.2 Å². The summed E-state index contributed by atoms with van der Waals surface area (Å²) in [5, 5.41) is 8.14. The summed E-state index contributed by atoms with van der Waals surface area (Å²) in [4.78, 5) is 22.7. The van der Waals surface area contributed by atoms with E-state index in [4.69, 9.17) is 6.42 Å². The average molecular weight is 611 g/mol. The molecule has 0 fully saturated rings. The van der Waals surface area contributed by atoms with Crippen LogP contribution in [0.25, 0.3) is 11.4 Å². The van der Waals surface area contributed by atoms with Crippen molar-refractivity contribution in [3.8, 4) is 35.6 Å². The van der Waals surface area contributed by atoms with Crippen molar-refractivity contribution >= 4 is 15.9 Å². The lowest BCUT2D eigenvalue weighted by Gasteiger charge is -1.98. The van der Waals surface area contributed by atoms with Gasteiger partial charge in [-0.1, -0.05) is 11.8 Å². The van der Waals surface area contributed by atoms with Crippen LogP contribution in [-0.2, 0) is 0 Å². The first-order valence-corrected chi connectivity index (χ1v) is 12.3. The molecular weight excluding hydrogens is 594 g/mol. The maximum absolute atomic E-state index is 12.7. The molecule has 13 heteroatoms. The zero-order chi connectivity index (χ0) is 28.9. The van der Waals surface area contributed by atoms with Gasteiger partial charge in [0.1, 0.15) is 0 Å². The second-order valence-electron chi connectivity index (χ2n) is 7.51. The van der Waals surface area contributed by atoms with Crippen molar-refractivity contribution in [3.05, 3.63) is 132 Å². The molecule has 0 atom stereocenters. The molecule has 6 aromatic rings. The Morgan fingerprint density at radius 3 is 1.59 bits per heavy atom. The van der Waals surface area contributed by atoms with Crippen LogP contribution in [0.2, 0.25) is 0 Å². The highest BCUT2D eigenvalue weighted by Gasteiger charge is 2.01. The lowest BCUT2D eigenvalue weighted by atomic mass is 10.3. The summed E-state index contributed by atoms with van der Waals surface area (Å²) in [6.45, 7) is 0. The number of halogens is 3. The summed E-state index contributed by atoms with van der Waals surface area (Å²) in [6.07, 6.45) is 21.2. The molecular formula is C28H17BrF2N10. The van der Waals surface area contributed by atoms with Gasteiger partial charge >= 0.3 is 0 Å². The number of hydrogen-bond acceptors (Lipinski definition) is 8. The van der Waals surface area contributed by atoms with Crippen LogP contribution in [0.5, 0.6) is 0 Å². The molecule has 0 unspecified atom stereocenters. The zero-order valence-corrected chi connectivity index (χ0v) is 22.5. The molecule has 6 heterocycles. The normalized spacial score (nSPS) is 9.61. The van der Waals surface area contributed by atoms with Crippen molar-refractivity contribution in [3.63, 3.8) is 0 Å². The Bertz CT molecular complexity index is 1770. The van der Waals surface area contributed by atoms with Gasteiger partial charge in [0.05, 0.1) is 47.3 Å². The summed E-state index contributed by atoms with van der Waals surface area (Å²) in [7, 11) is 0. The monoisotopic (exact) mass is 610 g/mol. The summed E-state index contributed by atoms with van der Waals surface area (Å²) >= 11 is 3.09. The van der Waals surface area contributed by atoms with E-state index in [2.05, 4.69) is 73.8 Å². The average Bonchev–Trinajstić information content (AvgIpc) is 3.69. The quantitative estimate of drug-likeness (QED) is 0.163. The van der Waals surface area contributed by atoms with Gasteiger partial charge in [-0.15, -0.1) is 6.42 Å². The van der Waals surface area contributed by atoms with Crippen molar-refractivity contribution < 1.29 is 8.78 Å². The molecule has 200 valence electrons. The topological polar surface area (TPSA) is 113 Å². The van der Waals surface area contributed by atoms with Crippen LogP contribution in [0.15, 0.2) is 103 Å². The molecule has 41 heavy (non-hydrogen) atoms. The van der Waals surface area contributed by atoms with Crippen molar-refractivity contribution in [2.45, 2.75) is 0 Å². The SMILES string of the molecule is Brc1ncccn1.C#Cc1cnn(-c2ccc(F)nc2)c1.Fc1ccc(-n2cc(C#Cc3ncccn3)cn2)cn1. The van der Waals surface area contributed by atoms with Gasteiger partial charge in [-0.3, -0.25) is 0 Å². The summed E-state index contributed by atoms with van der Waals surface area (Å²) in [6, 6.07) is 9.21. The Morgan fingerprint density at radius 2 is 1.15 bits per heavy atom. The first-order valence-electron chi connectivity index (χ1n) is 11.5. The van der Waals surface area contributed by atoms with Crippen molar-refractivity contribution in [1.29, 1.82) is 0 Å². The van der Waals surface area contributed by atoms with Crippen LogP contribution < -0.4 is 0 Å². The first kappa shape index (κ1) is 28.4.